The highest BCUT2D eigenvalue weighted by Gasteiger charge is 2.44. The maximum atomic E-state index is 12.5. The van der Waals surface area contributed by atoms with E-state index in [9.17, 15) is 4.79 Å². The third kappa shape index (κ3) is 3.60. The number of amides is 2. The van der Waals surface area contributed by atoms with Crippen LogP contribution in [-0.2, 0) is 20.1 Å². The Hall–Kier alpha value is -2.34. The number of rotatable bonds is 4. The minimum Gasteiger partial charge on any atom is -0.336 e. The van der Waals surface area contributed by atoms with Gasteiger partial charge in [-0.25, -0.2) is 9.78 Å². The van der Waals surface area contributed by atoms with Crippen molar-refractivity contribution in [2.75, 3.05) is 26.2 Å². The standard InChI is InChI=1S/C20H27N5O/c1-23-16-21-11-18(23)12-22-19(26)25-10-8-20(15-25)7-9-24(14-20)13-17-5-3-2-4-6-17/h2-6,11,16H,7-10,12-15H2,1H3,(H,22,26)/t20-/m1/s1. The molecule has 2 fully saturated rings. The van der Waals surface area contributed by atoms with Crippen molar-refractivity contribution < 1.29 is 4.79 Å². The molecule has 2 saturated heterocycles. The lowest BCUT2D eigenvalue weighted by Crippen LogP contribution is -2.40. The van der Waals surface area contributed by atoms with Gasteiger partial charge in [-0.05, 0) is 24.9 Å². The van der Waals surface area contributed by atoms with Gasteiger partial charge < -0.3 is 14.8 Å². The Labute approximate surface area is 154 Å². The molecule has 1 atom stereocenters. The summed E-state index contributed by atoms with van der Waals surface area (Å²) >= 11 is 0. The maximum Gasteiger partial charge on any atom is 0.317 e. The van der Waals surface area contributed by atoms with Crippen LogP contribution in [0.4, 0.5) is 4.79 Å². The SMILES string of the molecule is Cn1cncc1CNC(=O)N1CC[C@@]2(CCN(Cc3ccccc3)C2)C1. The van der Waals surface area contributed by atoms with E-state index in [4.69, 9.17) is 0 Å². The third-order valence-corrected chi connectivity index (χ3v) is 5.83. The second kappa shape index (κ2) is 7.11. The molecule has 0 unspecified atom stereocenters. The molecule has 6 nitrogen and oxygen atoms in total. The lowest BCUT2D eigenvalue weighted by molar-refractivity contribution is 0.197. The summed E-state index contributed by atoms with van der Waals surface area (Å²) in [4.78, 5) is 21.1. The molecule has 2 aliphatic rings. The van der Waals surface area contributed by atoms with Crippen LogP contribution in [-0.4, -0.2) is 51.6 Å². The number of hydrogen-bond acceptors (Lipinski definition) is 3. The molecule has 138 valence electrons. The van der Waals surface area contributed by atoms with Gasteiger partial charge in [-0.15, -0.1) is 0 Å². The highest BCUT2D eigenvalue weighted by atomic mass is 16.2. The van der Waals surface area contributed by atoms with Gasteiger partial charge in [0, 0.05) is 44.8 Å². The zero-order valence-electron chi connectivity index (χ0n) is 15.4. The summed E-state index contributed by atoms with van der Waals surface area (Å²) in [5.41, 5.74) is 2.66. The molecule has 3 heterocycles. The highest BCUT2D eigenvalue weighted by Crippen LogP contribution is 2.39. The largest absolute Gasteiger partial charge is 0.336 e. The first-order valence-electron chi connectivity index (χ1n) is 9.38. The van der Waals surface area contributed by atoms with E-state index in [0.717, 1.165) is 44.8 Å². The molecule has 6 heteroatoms. The first kappa shape index (κ1) is 17.1. The van der Waals surface area contributed by atoms with Crippen LogP contribution in [0, 0.1) is 5.41 Å². The van der Waals surface area contributed by atoms with Gasteiger partial charge in [0.05, 0.1) is 18.6 Å². The van der Waals surface area contributed by atoms with Crippen LogP contribution in [0.15, 0.2) is 42.9 Å². The van der Waals surface area contributed by atoms with Gasteiger partial charge in [0.1, 0.15) is 0 Å². The Balaban J connectivity index is 1.29. The Morgan fingerprint density at radius 3 is 2.77 bits per heavy atom. The smallest absolute Gasteiger partial charge is 0.317 e. The molecule has 0 radical (unpaired) electrons. The molecule has 0 aliphatic carbocycles. The van der Waals surface area contributed by atoms with E-state index < -0.39 is 0 Å². The van der Waals surface area contributed by atoms with Crippen LogP contribution in [0.1, 0.15) is 24.1 Å². The zero-order valence-corrected chi connectivity index (χ0v) is 15.4. The lowest BCUT2D eigenvalue weighted by atomic mass is 9.86. The summed E-state index contributed by atoms with van der Waals surface area (Å²) in [5.74, 6) is 0. The third-order valence-electron chi connectivity index (χ3n) is 5.83. The fourth-order valence-corrected chi connectivity index (χ4v) is 4.28. The zero-order chi connectivity index (χ0) is 18.0. The van der Waals surface area contributed by atoms with Crippen molar-refractivity contribution in [2.45, 2.75) is 25.9 Å². The molecule has 2 aliphatic heterocycles. The van der Waals surface area contributed by atoms with Crippen LogP contribution in [0.2, 0.25) is 0 Å². The number of nitrogens with one attached hydrogen (secondary N) is 1. The number of hydrogen-bond donors (Lipinski definition) is 1. The fraction of sp³-hybridized carbons (Fsp3) is 0.500. The van der Waals surface area contributed by atoms with Crippen molar-refractivity contribution in [3.8, 4) is 0 Å². The average Bonchev–Trinajstić information content (AvgIpc) is 3.36. The average molecular weight is 353 g/mol. The highest BCUT2D eigenvalue weighted by molar-refractivity contribution is 5.74. The van der Waals surface area contributed by atoms with Crippen molar-refractivity contribution in [2.24, 2.45) is 12.5 Å². The van der Waals surface area contributed by atoms with Crippen molar-refractivity contribution >= 4 is 6.03 Å². The number of carbonyl (C=O) groups excluding carboxylic acids is 1. The predicted octanol–water partition coefficient (Wildman–Crippen LogP) is 2.23. The van der Waals surface area contributed by atoms with Crippen molar-refractivity contribution in [1.29, 1.82) is 0 Å². The molecule has 26 heavy (non-hydrogen) atoms. The minimum absolute atomic E-state index is 0.0459. The number of imidazole rings is 1. The Kier molecular flexibility index (Phi) is 4.68. The van der Waals surface area contributed by atoms with E-state index in [-0.39, 0.29) is 11.4 Å². The van der Waals surface area contributed by atoms with E-state index in [0.29, 0.717) is 6.54 Å². The molecular weight excluding hydrogens is 326 g/mol. The number of benzene rings is 1. The number of likely N-dealkylation sites (tertiary alicyclic amines) is 2. The first-order valence-corrected chi connectivity index (χ1v) is 9.38. The molecule has 1 N–H and O–H groups in total. The van der Waals surface area contributed by atoms with Gasteiger partial charge in [-0.1, -0.05) is 30.3 Å². The van der Waals surface area contributed by atoms with E-state index in [1.165, 1.54) is 12.0 Å². The lowest BCUT2D eigenvalue weighted by Gasteiger charge is -2.25. The van der Waals surface area contributed by atoms with Crippen molar-refractivity contribution in [3.05, 3.63) is 54.1 Å². The molecule has 2 aromatic rings. The fourth-order valence-electron chi connectivity index (χ4n) is 4.28. The monoisotopic (exact) mass is 353 g/mol. The minimum atomic E-state index is 0.0459. The van der Waals surface area contributed by atoms with Gasteiger partial charge in [-0.2, -0.15) is 0 Å². The topological polar surface area (TPSA) is 53.4 Å². The molecule has 1 aromatic carbocycles. The number of urea groups is 1. The van der Waals surface area contributed by atoms with Gasteiger partial charge in [0.15, 0.2) is 0 Å². The van der Waals surface area contributed by atoms with E-state index in [2.05, 4.69) is 45.5 Å². The van der Waals surface area contributed by atoms with Gasteiger partial charge in [0.2, 0.25) is 0 Å². The van der Waals surface area contributed by atoms with Gasteiger partial charge >= 0.3 is 6.03 Å². The molecular formula is C20H27N5O. The van der Waals surface area contributed by atoms with Crippen LogP contribution < -0.4 is 5.32 Å². The summed E-state index contributed by atoms with van der Waals surface area (Å²) in [6, 6.07) is 10.7. The van der Waals surface area contributed by atoms with Crippen molar-refractivity contribution in [1.82, 2.24) is 24.7 Å². The number of nitrogens with zero attached hydrogens (tertiary/aromatic N) is 4. The van der Waals surface area contributed by atoms with Crippen LogP contribution in [0.3, 0.4) is 0 Å². The molecule has 0 bridgehead atoms. The summed E-state index contributed by atoms with van der Waals surface area (Å²) < 4.78 is 1.93. The summed E-state index contributed by atoms with van der Waals surface area (Å²) in [5, 5.41) is 3.04. The van der Waals surface area contributed by atoms with Crippen molar-refractivity contribution in [3.63, 3.8) is 0 Å². The van der Waals surface area contributed by atoms with Crippen LogP contribution in [0.25, 0.3) is 0 Å². The Morgan fingerprint density at radius 1 is 1.19 bits per heavy atom. The normalized spacial score (nSPS) is 23.0. The number of aryl methyl sites for hydroxylation is 1. The second-order valence-electron chi connectivity index (χ2n) is 7.77. The molecule has 2 amide bonds. The quantitative estimate of drug-likeness (QED) is 0.917. The summed E-state index contributed by atoms with van der Waals surface area (Å²) in [6.07, 6.45) is 5.85. The van der Waals surface area contributed by atoms with Gasteiger partial charge in [0.25, 0.3) is 0 Å². The second-order valence-corrected chi connectivity index (χ2v) is 7.77. The van der Waals surface area contributed by atoms with Crippen LogP contribution in [0.5, 0.6) is 0 Å². The summed E-state index contributed by atoms with van der Waals surface area (Å²) in [7, 11) is 1.94. The maximum absolute atomic E-state index is 12.5. The molecule has 1 aromatic heterocycles. The Morgan fingerprint density at radius 2 is 2.00 bits per heavy atom. The number of aromatic nitrogens is 2. The first-order chi connectivity index (χ1) is 12.6. The summed E-state index contributed by atoms with van der Waals surface area (Å²) in [6.45, 7) is 5.48. The van der Waals surface area contributed by atoms with Gasteiger partial charge in [-0.3, -0.25) is 4.90 Å². The van der Waals surface area contributed by atoms with E-state index >= 15 is 0 Å². The molecule has 0 saturated carbocycles. The Bertz CT molecular complexity index is 759. The number of carbonyl (C=O) groups is 1. The molecule has 4 rings (SSSR count). The predicted molar refractivity (Wildman–Crippen MR) is 100 cm³/mol. The van der Waals surface area contributed by atoms with Crippen LogP contribution >= 0.6 is 0 Å². The van der Waals surface area contributed by atoms with E-state index in [1.807, 2.05) is 16.5 Å². The molecule has 1 spiro atoms. The van der Waals surface area contributed by atoms with E-state index in [1.54, 1.807) is 12.5 Å².